The Hall–Kier alpha value is -1.56. The molecule has 0 saturated carbocycles. The largest absolute Gasteiger partial charge is 0.492 e. The van der Waals surface area contributed by atoms with E-state index >= 15 is 4.39 Å². The predicted molar refractivity (Wildman–Crippen MR) is 83.9 cm³/mol. The number of benzene rings is 1. The molecule has 1 aromatic carbocycles. The Balaban J connectivity index is 2.34. The lowest BCUT2D eigenvalue weighted by Crippen LogP contribution is -2.48. The smallest absolute Gasteiger partial charge is 0.189 e. The predicted octanol–water partition coefficient (Wildman–Crippen LogP) is 3.50. The van der Waals surface area contributed by atoms with Crippen LogP contribution in [0.2, 0.25) is 0 Å². The van der Waals surface area contributed by atoms with Gasteiger partial charge in [-0.25, -0.2) is 14.4 Å². The maximum atomic E-state index is 15.1. The Bertz CT molecular complexity index is 692. The van der Waals surface area contributed by atoms with Gasteiger partial charge in [0.25, 0.3) is 0 Å². The van der Waals surface area contributed by atoms with Gasteiger partial charge >= 0.3 is 0 Å². The van der Waals surface area contributed by atoms with E-state index in [0.717, 1.165) is 10.9 Å². The summed E-state index contributed by atoms with van der Waals surface area (Å²) in [6, 6.07) is 5.69. The zero-order valence-electron chi connectivity index (χ0n) is 12.6. The highest BCUT2D eigenvalue weighted by Crippen LogP contribution is 2.40. The van der Waals surface area contributed by atoms with Crippen LogP contribution in [0.4, 0.5) is 10.2 Å². The van der Waals surface area contributed by atoms with Crippen LogP contribution in [0.25, 0.3) is 10.9 Å². The molecular weight excluding hydrogens is 289 g/mol. The summed E-state index contributed by atoms with van der Waals surface area (Å²) in [5, 5.41) is 1.40. The summed E-state index contributed by atoms with van der Waals surface area (Å²) in [6.45, 7) is 3.74. The normalized spacial score (nSPS) is 25.4. The summed E-state index contributed by atoms with van der Waals surface area (Å²) in [7, 11) is 1.74. The maximum absolute atomic E-state index is 15.1. The third-order valence-electron chi connectivity index (χ3n) is 4.19. The van der Waals surface area contributed by atoms with Crippen molar-refractivity contribution in [3.05, 3.63) is 18.2 Å². The molecule has 2 aromatic rings. The second-order valence-electron chi connectivity index (χ2n) is 5.48. The van der Waals surface area contributed by atoms with E-state index in [2.05, 4.69) is 9.97 Å². The summed E-state index contributed by atoms with van der Waals surface area (Å²) in [6.07, 6.45) is 1.91. The first-order chi connectivity index (χ1) is 9.95. The quantitative estimate of drug-likeness (QED) is 0.458. The van der Waals surface area contributed by atoms with Crippen molar-refractivity contribution in [2.45, 2.75) is 24.8 Å². The van der Waals surface area contributed by atoms with Crippen LogP contribution in [0.1, 0.15) is 13.8 Å². The lowest BCUT2D eigenvalue weighted by Gasteiger charge is -2.39. The molecule has 0 aliphatic carbocycles. The van der Waals surface area contributed by atoms with Crippen LogP contribution >= 0.6 is 11.8 Å². The minimum atomic E-state index is -1.54. The molecule has 1 aliphatic heterocycles. The molecule has 0 amide bonds. The summed E-state index contributed by atoms with van der Waals surface area (Å²) in [5.41, 5.74) is 0.777. The number of anilines is 1. The van der Waals surface area contributed by atoms with Gasteiger partial charge in [-0.05, 0) is 25.3 Å². The average Bonchev–Trinajstić information content (AvgIpc) is 2.49. The highest BCUT2D eigenvalue weighted by molar-refractivity contribution is 7.98. The fourth-order valence-corrected chi connectivity index (χ4v) is 2.84. The van der Waals surface area contributed by atoms with Crippen LogP contribution in [0.3, 0.4) is 0 Å². The average molecular weight is 307 g/mol. The Labute approximate surface area is 127 Å². The first-order valence-corrected chi connectivity index (χ1v) is 8.08. The molecule has 0 bridgehead atoms. The number of hydrogen-bond donors (Lipinski definition) is 0. The molecule has 0 saturated heterocycles. The number of halogens is 1. The molecule has 1 aromatic heterocycles. The monoisotopic (exact) mass is 307 g/mol. The Kier molecular flexibility index (Phi) is 3.43. The second kappa shape index (κ2) is 5.02. The van der Waals surface area contributed by atoms with Crippen molar-refractivity contribution < 1.29 is 9.13 Å². The number of aromatic nitrogens is 2. The van der Waals surface area contributed by atoms with Crippen LogP contribution in [-0.2, 0) is 0 Å². The number of rotatable bonds is 1. The highest BCUT2D eigenvalue weighted by atomic mass is 32.2. The van der Waals surface area contributed by atoms with Gasteiger partial charge in [-0.3, -0.25) is 0 Å². The van der Waals surface area contributed by atoms with Gasteiger partial charge in [0, 0.05) is 13.0 Å². The van der Waals surface area contributed by atoms with E-state index in [1.165, 1.54) is 11.8 Å². The van der Waals surface area contributed by atoms with Crippen molar-refractivity contribution in [3.8, 4) is 5.75 Å². The molecule has 2 unspecified atom stereocenters. The molecule has 2 heterocycles. The standard InChI is InChI=1S/C15H18FN3OS/c1-9-8-20-11-7-5-6-10-12(11)13(18-14(17-10)21-4)19(3)15(9,2)16/h5-7,9H,8H2,1-4H3. The van der Waals surface area contributed by atoms with Crippen LogP contribution in [0, 0.1) is 5.92 Å². The summed E-state index contributed by atoms with van der Waals surface area (Å²) in [4.78, 5) is 10.6. The maximum Gasteiger partial charge on any atom is 0.189 e. The fraction of sp³-hybridized carbons (Fsp3) is 0.467. The second-order valence-corrected chi connectivity index (χ2v) is 6.25. The minimum Gasteiger partial charge on any atom is -0.492 e. The zero-order valence-corrected chi connectivity index (χ0v) is 13.4. The third kappa shape index (κ3) is 2.21. The van der Waals surface area contributed by atoms with E-state index in [-0.39, 0.29) is 5.92 Å². The summed E-state index contributed by atoms with van der Waals surface area (Å²) in [5.74, 6) is -0.524. The Morgan fingerprint density at radius 1 is 1.43 bits per heavy atom. The molecule has 1 aliphatic rings. The van der Waals surface area contributed by atoms with Gasteiger partial charge in [-0.1, -0.05) is 24.8 Å². The van der Waals surface area contributed by atoms with E-state index in [1.54, 1.807) is 18.9 Å². The number of thioether (sulfide) groups is 1. The first-order valence-electron chi connectivity index (χ1n) is 6.85. The van der Waals surface area contributed by atoms with Gasteiger partial charge < -0.3 is 9.64 Å². The summed E-state index contributed by atoms with van der Waals surface area (Å²) >= 11 is 1.45. The van der Waals surface area contributed by atoms with Crippen molar-refractivity contribution in [2.75, 3.05) is 24.8 Å². The minimum absolute atomic E-state index is 0.279. The van der Waals surface area contributed by atoms with Crippen molar-refractivity contribution in [1.29, 1.82) is 0 Å². The molecule has 0 radical (unpaired) electrons. The van der Waals surface area contributed by atoms with Gasteiger partial charge in [-0.15, -0.1) is 0 Å². The Morgan fingerprint density at radius 3 is 2.90 bits per heavy atom. The van der Waals surface area contributed by atoms with Crippen molar-refractivity contribution in [2.24, 2.45) is 5.92 Å². The van der Waals surface area contributed by atoms with Crippen molar-refractivity contribution in [1.82, 2.24) is 9.97 Å². The van der Waals surface area contributed by atoms with Gasteiger partial charge in [0.15, 0.2) is 10.9 Å². The number of alkyl halides is 1. The zero-order chi connectivity index (χ0) is 15.2. The highest BCUT2D eigenvalue weighted by Gasteiger charge is 2.39. The molecule has 6 heteroatoms. The van der Waals surface area contributed by atoms with E-state index in [9.17, 15) is 0 Å². The van der Waals surface area contributed by atoms with E-state index in [4.69, 9.17) is 4.74 Å². The molecule has 2 atom stereocenters. The van der Waals surface area contributed by atoms with Crippen LogP contribution in [0.5, 0.6) is 5.75 Å². The summed E-state index contributed by atoms with van der Waals surface area (Å²) < 4.78 is 21.0. The lowest BCUT2D eigenvalue weighted by molar-refractivity contribution is 0.0736. The molecule has 21 heavy (non-hydrogen) atoms. The molecule has 112 valence electrons. The number of ether oxygens (including phenoxy) is 1. The molecular formula is C15H18FN3OS. The molecule has 0 fully saturated rings. The van der Waals surface area contributed by atoms with Gasteiger partial charge in [-0.2, -0.15) is 0 Å². The topological polar surface area (TPSA) is 38.3 Å². The lowest BCUT2D eigenvalue weighted by atomic mass is 9.99. The van der Waals surface area contributed by atoms with E-state index in [1.807, 2.05) is 31.4 Å². The molecule has 4 nitrogen and oxygen atoms in total. The van der Waals surface area contributed by atoms with E-state index < -0.39 is 5.79 Å². The number of nitrogens with zero attached hydrogens (tertiary/aromatic N) is 3. The van der Waals surface area contributed by atoms with E-state index in [0.29, 0.717) is 23.3 Å². The van der Waals surface area contributed by atoms with Gasteiger partial charge in [0.05, 0.1) is 17.5 Å². The number of hydrogen-bond acceptors (Lipinski definition) is 5. The fourth-order valence-electron chi connectivity index (χ4n) is 2.47. The molecule has 3 rings (SSSR count). The van der Waals surface area contributed by atoms with Gasteiger partial charge in [0.1, 0.15) is 11.6 Å². The Morgan fingerprint density at radius 2 is 2.19 bits per heavy atom. The van der Waals surface area contributed by atoms with Crippen LogP contribution in [0.15, 0.2) is 23.4 Å². The van der Waals surface area contributed by atoms with Crippen LogP contribution in [-0.4, -0.2) is 35.7 Å². The van der Waals surface area contributed by atoms with Crippen LogP contribution < -0.4 is 9.64 Å². The van der Waals surface area contributed by atoms with Gasteiger partial charge in [0.2, 0.25) is 0 Å². The molecule has 0 N–H and O–H groups in total. The SMILES string of the molecule is CSc1nc2c3c(cccc3n1)OCC(C)C(C)(F)N2C. The molecule has 0 spiro atoms. The third-order valence-corrected chi connectivity index (χ3v) is 4.74. The van der Waals surface area contributed by atoms with Crippen molar-refractivity contribution in [3.63, 3.8) is 0 Å². The first kappa shape index (κ1) is 14.4. The van der Waals surface area contributed by atoms with Crippen molar-refractivity contribution >= 4 is 28.5 Å².